The zero-order chi connectivity index (χ0) is 16.4. The van der Waals surface area contributed by atoms with Gasteiger partial charge in [-0.3, -0.25) is 9.78 Å². The average Bonchev–Trinajstić information content (AvgIpc) is 2.54. The van der Waals surface area contributed by atoms with Gasteiger partial charge in [-0.05, 0) is 12.1 Å². The molecule has 1 aromatic carbocycles. The largest absolute Gasteiger partial charge is 0.415 e. The van der Waals surface area contributed by atoms with E-state index >= 15 is 0 Å². The molecule has 2 aromatic heterocycles. The van der Waals surface area contributed by atoms with Crippen molar-refractivity contribution in [2.24, 2.45) is 0 Å². The Balaban J connectivity index is 2.36. The molecule has 2 heterocycles. The Morgan fingerprint density at radius 2 is 2.00 bits per heavy atom. The van der Waals surface area contributed by atoms with Crippen LogP contribution in [0.15, 0.2) is 46.1 Å². The predicted molar refractivity (Wildman–Crippen MR) is 87.7 cm³/mol. The van der Waals surface area contributed by atoms with Crippen LogP contribution in [-0.4, -0.2) is 23.3 Å². The van der Waals surface area contributed by atoms with E-state index in [1.165, 1.54) is 4.57 Å². The Hall–Kier alpha value is -2.44. The highest BCUT2D eigenvalue weighted by Gasteiger charge is 2.19. The normalized spacial score (nSPS) is 11.0. The van der Waals surface area contributed by atoms with Crippen LogP contribution in [0.4, 0.5) is 0 Å². The SMILES string of the molecule is COCCn1c(=O)[nH]c(=O)c2c(-c3ccccc3Cl)cc[nH+]c21. The topological polar surface area (TPSA) is 78.2 Å². The van der Waals surface area contributed by atoms with Crippen LogP contribution >= 0.6 is 11.6 Å². The second-order valence-electron chi connectivity index (χ2n) is 5.00. The Kier molecular flexibility index (Phi) is 4.27. The first-order valence-corrected chi connectivity index (χ1v) is 7.42. The molecule has 0 amide bonds. The highest BCUT2D eigenvalue weighted by atomic mass is 35.5. The van der Waals surface area contributed by atoms with Crippen molar-refractivity contribution in [1.82, 2.24) is 9.55 Å². The molecule has 3 aromatic rings. The molecule has 0 saturated heterocycles. The molecule has 0 saturated carbocycles. The number of aromatic nitrogens is 3. The van der Waals surface area contributed by atoms with Crippen LogP contribution in [0.2, 0.25) is 5.02 Å². The Morgan fingerprint density at radius 1 is 1.22 bits per heavy atom. The van der Waals surface area contributed by atoms with E-state index in [9.17, 15) is 9.59 Å². The predicted octanol–water partition coefficient (Wildman–Crippen LogP) is 1.47. The lowest BCUT2D eigenvalue weighted by Gasteiger charge is -2.07. The van der Waals surface area contributed by atoms with Gasteiger partial charge in [0.05, 0.1) is 12.8 Å². The number of methoxy groups -OCH3 is 1. The molecule has 0 atom stereocenters. The second-order valence-corrected chi connectivity index (χ2v) is 5.41. The van der Waals surface area contributed by atoms with Crippen molar-refractivity contribution in [3.63, 3.8) is 0 Å². The summed E-state index contributed by atoms with van der Waals surface area (Å²) in [6, 6.07) is 9.03. The number of aromatic amines is 2. The van der Waals surface area contributed by atoms with Gasteiger partial charge in [0.1, 0.15) is 11.9 Å². The number of ether oxygens (including phenoxy) is 1. The molecule has 0 bridgehead atoms. The first-order chi connectivity index (χ1) is 11.1. The molecule has 3 rings (SSSR count). The first kappa shape index (κ1) is 15.5. The van der Waals surface area contributed by atoms with Crippen molar-refractivity contribution in [1.29, 1.82) is 0 Å². The number of rotatable bonds is 4. The van der Waals surface area contributed by atoms with Crippen LogP contribution in [0.1, 0.15) is 0 Å². The summed E-state index contributed by atoms with van der Waals surface area (Å²) in [5.74, 6) is 0. The number of pyridine rings is 1. The summed E-state index contributed by atoms with van der Waals surface area (Å²) in [6.07, 6.45) is 1.68. The number of nitrogens with one attached hydrogen (secondary N) is 2. The van der Waals surface area contributed by atoms with Crippen molar-refractivity contribution < 1.29 is 9.72 Å². The number of nitrogens with zero attached hydrogens (tertiary/aromatic N) is 1. The minimum atomic E-state index is -0.480. The number of H-pyrrole nitrogens is 2. The monoisotopic (exact) mass is 332 g/mol. The fourth-order valence-corrected chi connectivity index (χ4v) is 2.80. The molecular weight excluding hydrogens is 318 g/mol. The molecule has 0 spiro atoms. The van der Waals surface area contributed by atoms with Gasteiger partial charge in [-0.2, -0.15) is 4.57 Å². The second kappa shape index (κ2) is 6.36. The molecule has 0 aliphatic carbocycles. The zero-order valence-electron chi connectivity index (χ0n) is 12.4. The van der Waals surface area contributed by atoms with Crippen LogP contribution in [0.5, 0.6) is 0 Å². The Morgan fingerprint density at radius 3 is 2.74 bits per heavy atom. The van der Waals surface area contributed by atoms with Crippen LogP contribution in [0.3, 0.4) is 0 Å². The van der Waals surface area contributed by atoms with Crippen molar-refractivity contribution in [3.8, 4) is 11.1 Å². The number of benzene rings is 1. The molecule has 0 aliphatic rings. The molecule has 2 N–H and O–H groups in total. The molecule has 118 valence electrons. The Bertz CT molecular complexity index is 978. The van der Waals surface area contributed by atoms with E-state index in [4.69, 9.17) is 16.3 Å². The number of halogens is 1. The van der Waals surface area contributed by atoms with Gasteiger partial charge >= 0.3 is 5.69 Å². The minimum absolute atomic E-state index is 0.324. The van der Waals surface area contributed by atoms with Crippen molar-refractivity contribution in [2.75, 3.05) is 13.7 Å². The van der Waals surface area contributed by atoms with Gasteiger partial charge in [0, 0.05) is 23.3 Å². The number of hydrogen-bond acceptors (Lipinski definition) is 3. The Labute approximate surface area is 136 Å². The fourth-order valence-electron chi connectivity index (χ4n) is 2.56. The van der Waals surface area contributed by atoms with Crippen LogP contribution in [0.25, 0.3) is 22.2 Å². The molecular formula is C16H15ClN3O3+. The summed E-state index contributed by atoms with van der Waals surface area (Å²) < 4.78 is 6.47. The van der Waals surface area contributed by atoms with Crippen molar-refractivity contribution in [3.05, 3.63) is 62.4 Å². The molecule has 0 fully saturated rings. The maximum Gasteiger partial charge on any atom is 0.415 e. The van der Waals surface area contributed by atoms with Gasteiger partial charge in [-0.15, -0.1) is 0 Å². The molecule has 7 heteroatoms. The van der Waals surface area contributed by atoms with E-state index in [-0.39, 0.29) is 0 Å². The molecule has 0 aliphatic heterocycles. The average molecular weight is 333 g/mol. The van der Waals surface area contributed by atoms with E-state index in [1.54, 1.807) is 25.4 Å². The van der Waals surface area contributed by atoms with Gasteiger partial charge in [-0.1, -0.05) is 29.8 Å². The van der Waals surface area contributed by atoms with Crippen molar-refractivity contribution in [2.45, 2.75) is 6.54 Å². The van der Waals surface area contributed by atoms with Gasteiger partial charge in [-0.25, -0.2) is 9.78 Å². The summed E-state index contributed by atoms with van der Waals surface area (Å²) in [4.78, 5) is 29.8. The molecule has 6 nitrogen and oxygen atoms in total. The third kappa shape index (κ3) is 2.78. The first-order valence-electron chi connectivity index (χ1n) is 7.05. The van der Waals surface area contributed by atoms with E-state index in [1.807, 2.05) is 18.2 Å². The maximum atomic E-state index is 12.4. The third-order valence-electron chi connectivity index (χ3n) is 3.62. The molecule has 0 radical (unpaired) electrons. The number of hydrogen-bond donors (Lipinski definition) is 1. The highest BCUT2D eigenvalue weighted by molar-refractivity contribution is 6.33. The zero-order valence-corrected chi connectivity index (χ0v) is 13.2. The lowest BCUT2D eigenvalue weighted by Crippen LogP contribution is -2.34. The lowest BCUT2D eigenvalue weighted by molar-refractivity contribution is -0.349. The lowest BCUT2D eigenvalue weighted by atomic mass is 10.0. The third-order valence-corrected chi connectivity index (χ3v) is 3.95. The molecule has 23 heavy (non-hydrogen) atoms. The fraction of sp³-hybridized carbons (Fsp3) is 0.188. The van der Waals surface area contributed by atoms with Crippen LogP contribution in [0, 0.1) is 0 Å². The standard InChI is InChI=1S/C16H14ClN3O3/c1-23-9-8-20-14-13(15(21)19-16(20)22)11(6-7-18-14)10-4-2-3-5-12(10)17/h2-7H,8-9H2,1H3,(H,19,21,22)/p+1. The summed E-state index contributed by atoms with van der Waals surface area (Å²) >= 11 is 6.26. The maximum absolute atomic E-state index is 12.4. The van der Waals surface area contributed by atoms with Gasteiger partial charge in [0.15, 0.2) is 0 Å². The van der Waals surface area contributed by atoms with E-state index in [0.717, 1.165) is 5.56 Å². The number of fused-ring (bicyclic) bond motifs is 1. The van der Waals surface area contributed by atoms with Gasteiger partial charge in [0.25, 0.3) is 11.2 Å². The quantitative estimate of drug-likeness (QED) is 0.786. The van der Waals surface area contributed by atoms with Gasteiger partial charge in [0.2, 0.25) is 0 Å². The smallest absolute Gasteiger partial charge is 0.381 e. The van der Waals surface area contributed by atoms with Gasteiger partial charge < -0.3 is 4.74 Å². The van der Waals surface area contributed by atoms with E-state index in [0.29, 0.717) is 34.8 Å². The molecule has 0 unspecified atom stereocenters. The highest BCUT2D eigenvalue weighted by Crippen LogP contribution is 2.29. The van der Waals surface area contributed by atoms with Crippen LogP contribution in [-0.2, 0) is 11.3 Å². The minimum Gasteiger partial charge on any atom is -0.381 e. The van der Waals surface area contributed by atoms with E-state index in [2.05, 4.69) is 9.97 Å². The summed E-state index contributed by atoms with van der Waals surface area (Å²) in [5.41, 5.74) is 0.901. The van der Waals surface area contributed by atoms with E-state index < -0.39 is 11.2 Å². The van der Waals surface area contributed by atoms with Crippen molar-refractivity contribution >= 4 is 22.6 Å². The summed E-state index contributed by atoms with van der Waals surface area (Å²) in [6.45, 7) is 0.677. The summed E-state index contributed by atoms with van der Waals surface area (Å²) in [5, 5.41) is 0.922. The van der Waals surface area contributed by atoms with Crippen LogP contribution < -0.4 is 16.2 Å². The summed E-state index contributed by atoms with van der Waals surface area (Å²) in [7, 11) is 1.55.